The summed E-state index contributed by atoms with van der Waals surface area (Å²) in [5, 5.41) is 0. The van der Waals surface area contributed by atoms with E-state index in [1.807, 2.05) is 24.3 Å². The Balaban J connectivity index is 2.54. The molecule has 0 fully saturated rings. The zero-order chi connectivity index (χ0) is 13.5. The summed E-state index contributed by atoms with van der Waals surface area (Å²) in [6.45, 7) is 7.06. The van der Waals surface area contributed by atoms with Crippen LogP contribution in [0.3, 0.4) is 0 Å². The van der Waals surface area contributed by atoms with Gasteiger partial charge in [0.05, 0.1) is 0 Å². The van der Waals surface area contributed by atoms with Crippen molar-refractivity contribution < 1.29 is 4.79 Å². The highest BCUT2D eigenvalue weighted by atomic mass is 16.1. The van der Waals surface area contributed by atoms with Crippen LogP contribution in [-0.2, 0) is 17.8 Å². The average Bonchev–Trinajstić information content (AvgIpc) is 2.28. The molecule has 0 saturated carbocycles. The number of carbonyl (C=O) groups is 1. The molecular weight excluding hydrogens is 222 g/mol. The van der Waals surface area contributed by atoms with Crippen LogP contribution in [0.4, 0.5) is 0 Å². The molecule has 0 spiro atoms. The van der Waals surface area contributed by atoms with Gasteiger partial charge in [0.2, 0.25) is 0 Å². The van der Waals surface area contributed by atoms with Crippen molar-refractivity contribution in [2.75, 3.05) is 0 Å². The van der Waals surface area contributed by atoms with Crippen molar-refractivity contribution in [2.45, 2.75) is 46.6 Å². The molecule has 0 aliphatic rings. The first-order valence-corrected chi connectivity index (χ1v) is 6.81. The van der Waals surface area contributed by atoms with Gasteiger partial charge in [0.15, 0.2) is 0 Å². The molecule has 1 aromatic rings. The minimum absolute atomic E-state index is 0.323. The normalized spacial score (nSPS) is 12.7. The van der Waals surface area contributed by atoms with E-state index in [0.29, 0.717) is 37.0 Å². The van der Waals surface area contributed by atoms with Crippen molar-refractivity contribution in [3.8, 4) is 0 Å². The summed E-state index contributed by atoms with van der Waals surface area (Å²) in [4.78, 5) is 12.0. The first-order chi connectivity index (χ1) is 8.52. The van der Waals surface area contributed by atoms with Crippen molar-refractivity contribution in [3.63, 3.8) is 0 Å². The monoisotopic (exact) mass is 247 g/mol. The quantitative estimate of drug-likeness (QED) is 0.803. The fourth-order valence-corrected chi connectivity index (χ4v) is 2.49. The predicted octanol–water partition coefficient (Wildman–Crippen LogP) is 3.33. The summed E-state index contributed by atoms with van der Waals surface area (Å²) >= 11 is 0. The molecular formula is C16H25NO. The lowest BCUT2D eigenvalue weighted by Gasteiger charge is -2.13. The zero-order valence-corrected chi connectivity index (χ0v) is 11.8. The lowest BCUT2D eigenvalue weighted by atomic mass is 9.91. The van der Waals surface area contributed by atoms with E-state index >= 15 is 0 Å². The minimum atomic E-state index is 0.323. The first kappa shape index (κ1) is 14.9. The molecule has 0 aromatic heterocycles. The molecule has 1 unspecified atom stereocenters. The number of Topliss-reactive ketones (excluding diaryl/α,β-unsaturated/α-hetero) is 1. The van der Waals surface area contributed by atoms with Crippen LogP contribution in [-0.4, -0.2) is 5.78 Å². The van der Waals surface area contributed by atoms with Crippen LogP contribution in [0, 0.1) is 11.8 Å². The van der Waals surface area contributed by atoms with Crippen LogP contribution >= 0.6 is 0 Å². The fourth-order valence-electron chi connectivity index (χ4n) is 2.49. The number of nitrogens with two attached hydrogens (primary N) is 1. The molecule has 1 aromatic carbocycles. The van der Waals surface area contributed by atoms with Gasteiger partial charge in [-0.25, -0.2) is 0 Å². The number of hydrogen-bond donors (Lipinski definition) is 1. The molecule has 18 heavy (non-hydrogen) atoms. The summed E-state index contributed by atoms with van der Waals surface area (Å²) < 4.78 is 0. The third kappa shape index (κ3) is 5.01. The maximum absolute atomic E-state index is 12.0. The molecule has 2 heteroatoms. The maximum Gasteiger partial charge on any atom is 0.137 e. The SMILES string of the molecule is CC(C)CC(C)CC(=O)Cc1ccccc1CN. The second-order valence-electron chi connectivity index (χ2n) is 5.63. The summed E-state index contributed by atoms with van der Waals surface area (Å²) in [7, 11) is 0. The first-order valence-electron chi connectivity index (χ1n) is 6.81. The van der Waals surface area contributed by atoms with Crippen LogP contribution in [0.2, 0.25) is 0 Å². The Morgan fingerprint density at radius 3 is 2.33 bits per heavy atom. The second kappa shape index (κ2) is 7.32. The molecule has 2 nitrogen and oxygen atoms in total. The standard InChI is InChI=1S/C16H25NO/c1-12(2)8-13(3)9-16(18)10-14-6-4-5-7-15(14)11-17/h4-7,12-13H,8-11,17H2,1-3H3. The van der Waals surface area contributed by atoms with E-state index in [9.17, 15) is 4.79 Å². The van der Waals surface area contributed by atoms with Gasteiger partial charge < -0.3 is 5.73 Å². The third-order valence-electron chi connectivity index (χ3n) is 3.18. The number of benzene rings is 1. The molecule has 1 atom stereocenters. The minimum Gasteiger partial charge on any atom is -0.326 e. The lowest BCUT2D eigenvalue weighted by Crippen LogP contribution is -2.12. The molecule has 0 radical (unpaired) electrons. The third-order valence-corrected chi connectivity index (χ3v) is 3.18. The fraction of sp³-hybridized carbons (Fsp3) is 0.562. The van der Waals surface area contributed by atoms with Crippen molar-refractivity contribution >= 4 is 5.78 Å². The van der Waals surface area contributed by atoms with E-state index in [1.165, 1.54) is 0 Å². The second-order valence-corrected chi connectivity index (χ2v) is 5.63. The van der Waals surface area contributed by atoms with Gasteiger partial charge in [0.25, 0.3) is 0 Å². The number of rotatable bonds is 7. The molecule has 0 amide bonds. The summed E-state index contributed by atoms with van der Waals surface area (Å²) in [6.07, 6.45) is 2.32. The average molecular weight is 247 g/mol. The van der Waals surface area contributed by atoms with Crippen LogP contribution in [0.15, 0.2) is 24.3 Å². The molecule has 0 aliphatic carbocycles. The van der Waals surface area contributed by atoms with Crippen LogP contribution in [0.1, 0.15) is 44.7 Å². The summed E-state index contributed by atoms with van der Waals surface area (Å²) in [5.74, 6) is 1.45. The van der Waals surface area contributed by atoms with E-state index in [0.717, 1.165) is 17.5 Å². The van der Waals surface area contributed by atoms with Gasteiger partial charge in [0.1, 0.15) is 5.78 Å². The summed E-state index contributed by atoms with van der Waals surface area (Å²) in [5.41, 5.74) is 7.85. The number of hydrogen-bond acceptors (Lipinski definition) is 2. The molecule has 2 N–H and O–H groups in total. The van der Waals surface area contributed by atoms with Gasteiger partial charge in [0, 0.05) is 19.4 Å². The van der Waals surface area contributed by atoms with Crippen molar-refractivity contribution in [1.82, 2.24) is 0 Å². The molecule has 0 saturated heterocycles. The Bertz CT molecular complexity index is 384. The molecule has 0 heterocycles. The molecule has 0 bridgehead atoms. The van der Waals surface area contributed by atoms with Gasteiger partial charge in [-0.3, -0.25) is 4.79 Å². The smallest absolute Gasteiger partial charge is 0.137 e. The largest absolute Gasteiger partial charge is 0.326 e. The Labute approximate surface area is 111 Å². The van der Waals surface area contributed by atoms with E-state index < -0.39 is 0 Å². The predicted molar refractivity (Wildman–Crippen MR) is 76.3 cm³/mol. The Kier molecular flexibility index (Phi) is 6.06. The van der Waals surface area contributed by atoms with Crippen LogP contribution in [0.25, 0.3) is 0 Å². The van der Waals surface area contributed by atoms with E-state index in [1.54, 1.807) is 0 Å². The molecule has 0 aliphatic heterocycles. The van der Waals surface area contributed by atoms with Crippen molar-refractivity contribution in [3.05, 3.63) is 35.4 Å². The van der Waals surface area contributed by atoms with Crippen molar-refractivity contribution in [2.24, 2.45) is 17.6 Å². The van der Waals surface area contributed by atoms with E-state index in [-0.39, 0.29) is 0 Å². The Morgan fingerprint density at radius 2 is 1.78 bits per heavy atom. The lowest BCUT2D eigenvalue weighted by molar-refractivity contribution is -0.119. The number of ketones is 1. The zero-order valence-electron chi connectivity index (χ0n) is 11.8. The van der Waals surface area contributed by atoms with E-state index in [2.05, 4.69) is 20.8 Å². The van der Waals surface area contributed by atoms with Gasteiger partial charge >= 0.3 is 0 Å². The summed E-state index contributed by atoms with van der Waals surface area (Å²) in [6, 6.07) is 7.95. The molecule has 100 valence electrons. The highest BCUT2D eigenvalue weighted by molar-refractivity contribution is 5.81. The Hall–Kier alpha value is -1.15. The number of carbonyl (C=O) groups excluding carboxylic acids is 1. The Morgan fingerprint density at radius 1 is 1.17 bits per heavy atom. The van der Waals surface area contributed by atoms with Crippen molar-refractivity contribution in [1.29, 1.82) is 0 Å². The highest BCUT2D eigenvalue weighted by Crippen LogP contribution is 2.17. The van der Waals surface area contributed by atoms with Crippen LogP contribution < -0.4 is 5.73 Å². The maximum atomic E-state index is 12.0. The highest BCUT2D eigenvalue weighted by Gasteiger charge is 2.12. The molecule has 1 rings (SSSR count). The topological polar surface area (TPSA) is 43.1 Å². The van der Waals surface area contributed by atoms with Gasteiger partial charge in [-0.05, 0) is 29.4 Å². The van der Waals surface area contributed by atoms with Gasteiger partial charge in [-0.2, -0.15) is 0 Å². The van der Waals surface area contributed by atoms with E-state index in [4.69, 9.17) is 5.73 Å². The van der Waals surface area contributed by atoms with Gasteiger partial charge in [-0.15, -0.1) is 0 Å². The van der Waals surface area contributed by atoms with Crippen LogP contribution in [0.5, 0.6) is 0 Å². The van der Waals surface area contributed by atoms with Gasteiger partial charge in [-0.1, -0.05) is 45.0 Å².